The number of Topliss-reactive ketones (excluding diaryl/α,β-unsaturated/α-hetero) is 1. The second-order valence-corrected chi connectivity index (χ2v) is 8.54. The summed E-state index contributed by atoms with van der Waals surface area (Å²) in [6, 6.07) is 0. The van der Waals surface area contributed by atoms with E-state index in [4.69, 9.17) is 4.74 Å². The van der Waals surface area contributed by atoms with Crippen LogP contribution in [0.25, 0.3) is 0 Å². The van der Waals surface area contributed by atoms with Crippen LogP contribution < -0.4 is 5.32 Å². The van der Waals surface area contributed by atoms with Gasteiger partial charge in [-0.05, 0) is 50.8 Å². The maximum Gasteiger partial charge on any atom is 0.343 e. The molecule has 0 radical (unpaired) electrons. The second kappa shape index (κ2) is 12.9. The van der Waals surface area contributed by atoms with E-state index in [2.05, 4.69) is 12.2 Å². The summed E-state index contributed by atoms with van der Waals surface area (Å²) in [5.41, 5.74) is -0.834. The fraction of sp³-hybridized carbons (Fsp3) is 0.393. The van der Waals surface area contributed by atoms with Crippen molar-refractivity contribution >= 4 is 17.5 Å². The fourth-order valence-electron chi connectivity index (χ4n) is 3.74. The highest BCUT2D eigenvalue weighted by molar-refractivity contribution is 6.15. The molecule has 1 aliphatic heterocycles. The van der Waals surface area contributed by atoms with Crippen molar-refractivity contribution in [1.29, 1.82) is 0 Å². The van der Waals surface area contributed by atoms with Crippen LogP contribution in [-0.2, 0) is 19.1 Å². The summed E-state index contributed by atoms with van der Waals surface area (Å²) in [7, 11) is 0. The number of hydrogen-bond acceptors (Lipinski definition) is 7. The molecule has 0 aromatic carbocycles. The van der Waals surface area contributed by atoms with Crippen LogP contribution in [0.5, 0.6) is 0 Å². The van der Waals surface area contributed by atoms with E-state index in [1.807, 2.05) is 19.9 Å². The van der Waals surface area contributed by atoms with Crippen LogP contribution in [0, 0.1) is 0 Å². The molecule has 7 nitrogen and oxygen atoms in total. The average Bonchev–Trinajstić information content (AvgIpc) is 3.08. The molecule has 0 spiro atoms. The van der Waals surface area contributed by atoms with Gasteiger partial charge in [0, 0.05) is 30.0 Å². The molecular formula is C28H35NO6. The molecule has 0 amide bonds. The molecule has 2 unspecified atom stereocenters. The molecule has 1 heterocycles. The van der Waals surface area contributed by atoms with Crippen molar-refractivity contribution in [1.82, 2.24) is 5.32 Å². The Bertz CT molecular complexity index is 1050. The minimum Gasteiger partial charge on any atom is -0.507 e. The standard InChI is InChI=1S/C28H35NO6/c1-5-8-10-11-12-13-21(31)17-24(32)25-23-16-19(15-20(30)7-3)22(18-29-14-9-6-2)26(33)28(23,4)35-27(25)34/h5,8,10-13,16-18,20,29-30,32H,6-7,9,14-15H2,1-4H3/b8-5+,11-10+,13-12+,22-18-,24-17-. The van der Waals surface area contributed by atoms with Gasteiger partial charge in [0.2, 0.25) is 5.78 Å². The van der Waals surface area contributed by atoms with Crippen molar-refractivity contribution in [3.8, 4) is 0 Å². The van der Waals surface area contributed by atoms with Crippen molar-refractivity contribution < 1.29 is 29.3 Å². The molecule has 0 aromatic heterocycles. The third-order valence-electron chi connectivity index (χ3n) is 5.80. The zero-order valence-electron chi connectivity index (χ0n) is 20.8. The van der Waals surface area contributed by atoms with Gasteiger partial charge in [-0.3, -0.25) is 9.59 Å². The summed E-state index contributed by atoms with van der Waals surface area (Å²) in [6.45, 7) is 7.90. The molecule has 1 aliphatic carbocycles. The zero-order chi connectivity index (χ0) is 26.0. The molecule has 0 bridgehead atoms. The second-order valence-electron chi connectivity index (χ2n) is 8.54. The summed E-state index contributed by atoms with van der Waals surface area (Å²) in [6.07, 6.45) is 15.8. The first kappa shape index (κ1) is 27.8. The molecule has 2 rings (SSSR count). The predicted molar refractivity (Wildman–Crippen MR) is 135 cm³/mol. The van der Waals surface area contributed by atoms with Gasteiger partial charge < -0.3 is 20.3 Å². The normalized spacial score (nSPS) is 22.9. The van der Waals surface area contributed by atoms with E-state index < -0.39 is 35.0 Å². The third-order valence-corrected chi connectivity index (χ3v) is 5.80. The number of ether oxygens (including phenoxy) is 1. The van der Waals surface area contributed by atoms with Crippen LogP contribution in [-0.4, -0.2) is 46.0 Å². The molecule has 3 N–H and O–H groups in total. The van der Waals surface area contributed by atoms with E-state index >= 15 is 0 Å². The number of hydrogen-bond donors (Lipinski definition) is 3. The molecule has 0 saturated carbocycles. The minimum absolute atomic E-state index is 0.176. The number of carbonyl (C=O) groups excluding carboxylic acids is 3. The lowest BCUT2D eigenvalue weighted by molar-refractivity contribution is -0.152. The quantitative estimate of drug-likeness (QED) is 0.126. The highest BCUT2D eigenvalue weighted by atomic mass is 16.6. The summed E-state index contributed by atoms with van der Waals surface area (Å²) in [5.74, 6) is -2.45. The number of carbonyl (C=O) groups is 3. The summed E-state index contributed by atoms with van der Waals surface area (Å²) in [4.78, 5) is 38.5. The molecule has 2 atom stereocenters. The molecule has 0 saturated heterocycles. The number of rotatable bonds is 12. The molecular weight excluding hydrogens is 446 g/mol. The van der Waals surface area contributed by atoms with Gasteiger partial charge >= 0.3 is 5.97 Å². The monoisotopic (exact) mass is 481 g/mol. The number of allylic oxidation sites excluding steroid dienone is 7. The van der Waals surface area contributed by atoms with Crippen LogP contribution >= 0.6 is 0 Å². The van der Waals surface area contributed by atoms with Crippen LogP contribution in [0.3, 0.4) is 0 Å². The smallest absolute Gasteiger partial charge is 0.343 e. The van der Waals surface area contributed by atoms with Gasteiger partial charge in [-0.15, -0.1) is 0 Å². The first-order valence-corrected chi connectivity index (χ1v) is 12.0. The maximum atomic E-state index is 13.5. The highest BCUT2D eigenvalue weighted by Crippen LogP contribution is 2.44. The minimum atomic E-state index is -1.64. The Hall–Kier alpha value is -3.45. The van der Waals surface area contributed by atoms with E-state index in [1.165, 1.54) is 19.1 Å². The van der Waals surface area contributed by atoms with E-state index in [0.717, 1.165) is 18.9 Å². The summed E-state index contributed by atoms with van der Waals surface area (Å²) in [5, 5.41) is 24.1. The Morgan fingerprint density at radius 2 is 1.91 bits per heavy atom. The number of nitrogens with one attached hydrogen (secondary N) is 1. The van der Waals surface area contributed by atoms with E-state index in [0.29, 0.717) is 24.1 Å². The molecule has 7 heteroatoms. The van der Waals surface area contributed by atoms with Gasteiger partial charge in [0.1, 0.15) is 11.3 Å². The van der Waals surface area contributed by atoms with Crippen molar-refractivity contribution in [2.75, 3.05) is 6.54 Å². The largest absolute Gasteiger partial charge is 0.507 e. The third kappa shape index (κ3) is 6.79. The first-order chi connectivity index (χ1) is 16.7. The number of ketones is 2. The van der Waals surface area contributed by atoms with Crippen LogP contribution in [0.4, 0.5) is 0 Å². The van der Waals surface area contributed by atoms with E-state index in [9.17, 15) is 24.6 Å². The molecule has 2 aliphatic rings. The highest BCUT2D eigenvalue weighted by Gasteiger charge is 2.53. The number of aliphatic hydroxyl groups excluding tert-OH is 2. The molecule has 0 fully saturated rings. The molecule has 0 aromatic rings. The Morgan fingerprint density at radius 1 is 1.20 bits per heavy atom. The lowest BCUT2D eigenvalue weighted by atomic mass is 9.76. The Morgan fingerprint density at radius 3 is 2.57 bits per heavy atom. The average molecular weight is 482 g/mol. The number of aliphatic hydroxyl groups is 2. The Kier molecular flexibility index (Phi) is 10.2. The van der Waals surface area contributed by atoms with Gasteiger partial charge in [0.25, 0.3) is 0 Å². The summed E-state index contributed by atoms with van der Waals surface area (Å²) >= 11 is 0. The fourth-order valence-corrected chi connectivity index (χ4v) is 3.74. The van der Waals surface area contributed by atoms with Gasteiger partial charge in [-0.25, -0.2) is 4.79 Å². The zero-order valence-corrected chi connectivity index (χ0v) is 20.8. The number of unbranched alkanes of at least 4 members (excludes halogenated alkanes) is 1. The predicted octanol–water partition coefficient (Wildman–Crippen LogP) is 4.24. The first-order valence-electron chi connectivity index (χ1n) is 12.0. The van der Waals surface area contributed by atoms with Crippen LogP contribution in [0.1, 0.15) is 53.4 Å². The SMILES string of the molecule is C/C=C/C=C/C=C/C(=O)/C=C(\O)C1=C2C=C(CC(O)CC)/C(=C/NCCCC)C(=O)C2(C)OC1=O. The van der Waals surface area contributed by atoms with Gasteiger partial charge in [-0.2, -0.15) is 0 Å². The van der Waals surface area contributed by atoms with Crippen molar-refractivity contribution in [2.24, 2.45) is 0 Å². The maximum absolute atomic E-state index is 13.5. The molecule has 35 heavy (non-hydrogen) atoms. The van der Waals surface area contributed by atoms with Crippen LogP contribution in [0.2, 0.25) is 0 Å². The summed E-state index contributed by atoms with van der Waals surface area (Å²) < 4.78 is 5.46. The molecule has 188 valence electrons. The van der Waals surface area contributed by atoms with E-state index in [1.54, 1.807) is 30.5 Å². The lowest BCUT2D eigenvalue weighted by Gasteiger charge is -2.31. The number of esters is 1. The van der Waals surface area contributed by atoms with Gasteiger partial charge in [-0.1, -0.05) is 50.6 Å². The topological polar surface area (TPSA) is 113 Å². The Balaban J connectivity index is 2.51. The van der Waals surface area contributed by atoms with E-state index in [-0.39, 0.29) is 17.6 Å². The van der Waals surface area contributed by atoms with Gasteiger partial charge in [0.15, 0.2) is 11.4 Å². The van der Waals surface area contributed by atoms with Crippen molar-refractivity contribution in [3.05, 3.63) is 82.9 Å². The van der Waals surface area contributed by atoms with Crippen molar-refractivity contribution in [3.63, 3.8) is 0 Å². The van der Waals surface area contributed by atoms with Gasteiger partial charge in [0.05, 0.1) is 6.10 Å². The Labute approximate surface area is 206 Å². The van der Waals surface area contributed by atoms with Crippen LogP contribution in [0.15, 0.2) is 82.9 Å². The lowest BCUT2D eigenvalue weighted by Crippen LogP contribution is -2.42. The number of fused-ring (bicyclic) bond motifs is 1. The van der Waals surface area contributed by atoms with Crippen molar-refractivity contribution in [2.45, 2.75) is 65.1 Å².